The van der Waals surface area contributed by atoms with Crippen LogP contribution in [0.2, 0.25) is 0 Å². The Morgan fingerprint density at radius 3 is 2.39 bits per heavy atom. The van der Waals surface area contributed by atoms with Gasteiger partial charge in [0, 0.05) is 5.56 Å². The fraction of sp³-hybridized carbons (Fsp3) is 0.115. The number of benzene rings is 3. The summed E-state index contributed by atoms with van der Waals surface area (Å²) in [5.74, 6) is -0.871. The van der Waals surface area contributed by atoms with Gasteiger partial charge in [-0.1, -0.05) is 54.6 Å². The summed E-state index contributed by atoms with van der Waals surface area (Å²) >= 11 is 1.28. The quantitative estimate of drug-likeness (QED) is 0.488. The van der Waals surface area contributed by atoms with Gasteiger partial charge in [0.2, 0.25) is 0 Å². The zero-order chi connectivity index (χ0) is 23.4. The number of nitrogens with zero attached hydrogens (tertiary/aromatic N) is 2. The molecule has 0 saturated carbocycles. The Morgan fingerprint density at radius 1 is 1.00 bits per heavy atom. The summed E-state index contributed by atoms with van der Waals surface area (Å²) in [5, 5.41) is 9.51. The summed E-state index contributed by atoms with van der Waals surface area (Å²) in [6, 6.07) is 22.5. The van der Waals surface area contributed by atoms with Gasteiger partial charge in [-0.25, -0.2) is 9.79 Å². The van der Waals surface area contributed by atoms with E-state index in [0.29, 0.717) is 21.4 Å². The Labute approximate surface area is 196 Å². The molecule has 1 aliphatic rings. The van der Waals surface area contributed by atoms with E-state index in [0.717, 1.165) is 22.5 Å². The predicted molar refractivity (Wildman–Crippen MR) is 132 cm³/mol. The first-order valence-corrected chi connectivity index (χ1v) is 11.1. The van der Waals surface area contributed by atoms with Crippen molar-refractivity contribution in [3.8, 4) is 5.75 Å². The van der Waals surface area contributed by atoms with E-state index < -0.39 is 12.6 Å². The molecule has 1 aliphatic heterocycles. The molecule has 0 spiro atoms. The monoisotopic (exact) mass is 458 g/mol. The van der Waals surface area contributed by atoms with Gasteiger partial charge in [0.1, 0.15) is 5.75 Å². The number of carbonyl (C=O) groups excluding carboxylic acids is 1. The number of rotatable bonds is 6. The molecule has 0 radical (unpaired) electrons. The first-order valence-electron chi connectivity index (χ1n) is 10.3. The number of amides is 1. The largest absolute Gasteiger partial charge is 0.481 e. The molecular weight excluding hydrogens is 436 g/mol. The molecule has 6 nitrogen and oxygen atoms in total. The highest BCUT2D eigenvalue weighted by Gasteiger charge is 2.35. The minimum absolute atomic E-state index is 0.199. The molecule has 3 aromatic carbocycles. The molecular formula is C26H22N2O4S. The second kappa shape index (κ2) is 9.75. The van der Waals surface area contributed by atoms with Gasteiger partial charge in [-0.3, -0.25) is 9.69 Å². The van der Waals surface area contributed by atoms with E-state index in [9.17, 15) is 9.59 Å². The second-order valence-corrected chi connectivity index (χ2v) is 8.45. The van der Waals surface area contributed by atoms with Crippen LogP contribution >= 0.6 is 11.8 Å². The second-order valence-electron chi connectivity index (χ2n) is 7.44. The van der Waals surface area contributed by atoms with Gasteiger partial charge in [0.25, 0.3) is 5.91 Å². The number of hydrogen-bond acceptors (Lipinski definition) is 5. The number of thioether (sulfide) groups is 1. The highest BCUT2D eigenvalue weighted by Crippen LogP contribution is 2.39. The molecule has 3 aromatic rings. The number of anilines is 1. The minimum atomic E-state index is -1.07. The number of carboxylic acid groups (broad SMARTS) is 1. The molecule has 4 rings (SSSR count). The van der Waals surface area contributed by atoms with Gasteiger partial charge in [0.15, 0.2) is 11.8 Å². The van der Waals surface area contributed by atoms with E-state index in [2.05, 4.69) is 0 Å². The van der Waals surface area contributed by atoms with Gasteiger partial charge < -0.3 is 9.84 Å². The first kappa shape index (κ1) is 22.4. The topological polar surface area (TPSA) is 79.2 Å². The maximum Gasteiger partial charge on any atom is 0.341 e. The fourth-order valence-electron chi connectivity index (χ4n) is 3.38. The molecule has 1 heterocycles. The third-order valence-corrected chi connectivity index (χ3v) is 6.02. The van der Waals surface area contributed by atoms with Crippen molar-refractivity contribution >= 4 is 46.3 Å². The number of aliphatic carboxylic acids is 1. The highest BCUT2D eigenvalue weighted by molar-refractivity contribution is 8.19. The predicted octanol–water partition coefficient (Wildman–Crippen LogP) is 5.58. The third-order valence-electron chi connectivity index (χ3n) is 5.05. The smallest absolute Gasteiger partial charge is 0.341 e. The van der Waals surface area contributed by atoms with Crippen LogP contribution in [-0.2, 0) is 9.59 Å². The van der Waals surface area contributed by atoms with Crippen molar-refractivity contribution in [3.63, 3.8) is 0 Å². The van der Waals surface area contributed by atoms with E-state index in [1.165, 1.54) is 11.8 Å². The van der Waals surface area contributed by atoms with Crippen LogP contribution in [-0.4, -0.2) is 28.8 Å². The summed E-state index contributed by atoms with van der Waals surface area (Å²) in [7, 11) is 0. The zero-order valence-corrected chi connectivity index (χ0v) is 19.0. The van der Waals surface area contributed by atoms with Crippen LogP contribution in [0, 0.1) is 13.8 Å². The van der Waals surface area contributed by atoms with Crippen molar-refractivity contribution in [2.45, 2.75) is 13.8 Å². The van der Waals surface area contributed by atoms with Gasteiger partial charge in [0.05, 0.1) is 16.3 Å². The molecule has 0 unspecified atom stereocenters. The molecule has 0 bridgehead atoms. The molecule has 0 aliphatic carbocycles. The number of aryl methyl sites for hydroxylation is 2. The molecule has 1 amide bonds. The maximum atomic E-state index is 13.5. The minimum Gasteiger partial charge on any atom is -0.481 e. The van der Waals surface area contributed by atoms with Crippen molar-refractivity contribution in [2.75, 3.05) is 11.5 Å². The maximum absolute atomic E-state index is 13.5. The Bertz CT molecular complexity index is 1280. The summed E-state index contributed by atoms with van der Waals surface area (Å²) in [6.45, 7) is 3.47. The molecule has 0 aromatic heterocycles. The van der Waals surface area contributed by atoms with Gasteiger partial charge in [-0.05, 0) is 61.0 Å². The molecule has 7 heteroatoms. The number of carbonyl (C=O) groups is 2. The van der Waals surface area contributed by atoms with Gasteiger partial charge >= 0.3 is 5.97 Å². The summed E-state index contributed by atoms with van der Waals surface area (Å²) in [4.78, 5) is 31.4. The molecule has 166 valence electrons. The van der Waals surface area contributed by atoms with Crippen LogP contribution in [0.5, 0.6) is 5.75 Å². The highest BCUT2D eigenvalue weighted by atomic mass is 32.2. The summed E-state index contributed by atoms with van der Waals surface area (Å²) in [6.07, 6.45) is 1.72. The third kappa shape index (κ3) is 4.99. The summed E-state index contributed by atoms with van der Waals surface area (Å²) < 4.78 is 5.40. The van der Waals surface area contributed by atoms with Crippen molar-refractivity contribution in [1.82, 2.24) is 0 Å². The average molecular weight is 459 g/mol. The Kier molecular flexibility index (Phi) is 6.60. The molecule has 33 heavy (non-hydrogen) atoms. The van der Waals surface area contributed by atoms with Gasteiger partial charge in [-0.2, -0.15) is 0 Å². The number of carboxylic acids is 1. The molecule has 1 N–H and O–H groups in total. The SMILES string of the molecule is Cc1ccccc1N=C1S/C(=C\c2ccccc2OCC(=O)O)C(=O)N1c1ccccc1C. The van der Waals surface area contributed by atoms with Crippen molar-refractivity contribution < 1.29 is 19.4 Å². The first-order chi connectivity index (χ1) is 15.9. The Balaban J connectivity index is 1.78. The van der Waals surface area contributed by atoms with E-state index in [4.69, 9.17) is 14.8 Å². The normalized spacial score (nSPS) is 15.9. The fourth-order valence-corrected chi connectivity index (χ4v) is 4.36. The van der Waals surface area contributed by atoms with E-state index >= 15 is 0 Å². The standard InChI is InChI=1S/C26H22N2O4S/c1-17-9-3-6-12-20(17)27-26-28(21-13-7-4-10-18(21)2)25(31)23(33-26)15-19-11-5-8-14-22(19)32-16-24(29)30/h3-15H,16H2,1-2H3,(H,29,30)/b23-15-,27-26?. The lowest BCUT2D eigenvalue weighted by molar-refractivity contribution is -0.139. The van der Waals surface area contributed by atoms with Crippen LogP contribution in [0.1, 0.15) is 16.7 Å². The molecule has 1 saturated heterocycles. The van der Waals surface area contributed by atoms with E-state index in [1.807, 2.05) is 68.4 Å². The van der Waals surface area contributed by atoms with Crippen LogP contribution < -0.4 is 9.64 Å². The number of ether oxygens (including phenoxy) is 1. The number of aliphatic imine (C=N–C) groups is 1. The van der Waals surface area contributed by atoms with Crippen molar-refractivity contribution in [3.05, 3.63) is 94.4 Å². The number of para-hydroxylation sites is 3. The van der Waals surface area contributed by atoms with Crippen molar-refractivity contribution in [1.29, 1.82) is 0 Å². The van der Waals surface area contributed by atoms with Crippen LogP contribution in [0.4, 0.5) is 11.4 Å². The summed E-state index contributed by atoms with van der Waals surface area (Å²) in [5.41, 5.74) is 4.14. The Hall–Kier alpha value is -3.84. The Morgan fingerprint density at radius 2 is 1.67 bits per heavy atom. The number of hydrogen-bond donors (Lipinski definition) is 1. The lowest BCUT2D eigenvalue weighted by atomic mass is 10.1. The lowest BCUT2D eigenvalue weighted by Crippen LogP contribution is -2.29. The van der Waals surface area contributed by atoms with Gasteiger partial charge in [-0.15, -0.1) is 0 Å². The lowest BCUT2D eigenvalue weighted by Gasteiger charge is -2.18. The van der Waals surface area contributed by atoms with Crippen LogP contribution in [0.15, 0.2) is 82.7 Å². The van der Waals surface area contributed by atoms with E-state index in [-0.39, 0.29) is 5.91 Å². The molecule has 1 fully saturated rings. The average Bonchev–Trinajstić information content (AvgIpc) is 3.09. The molecule has 0 atom stereocenters. The van der Waals surface area contributed by atoms with Crippen LogP contribution in [0.25, 0.3) is 6.08 Å². The van der Waals surface area contributed by atoms with Crippen molar-refractivity contribution in [2.24, 2.45) is 4.99 Å². The number of amidine groups is 1. The van der Waals surface area contributed by atoms with Crippen LogP contribution in [0.3, 0.4) is 0 Å². The zero-order valence-electron chi connectivity index (χ0n) is 18.2. The van der Waals surface area contributed by atoms with E-state index in [1.54, 1.807) is 29.2 Å².